The van der Waals surface area contributed by atoms with Crippen LogP contribution in [0.5, 0.6) is 0 Å². The van der Waals surface area contributed by atoms with Gasteiger partial charge in [0.1, 0.15) is 18.1 Å². The largest absolute Gasteiger partial charge is 0.480 e. The topological polar surface area (TPSA) is 79.5 Å². The minimum Gasteiger partial charge on any atom is -0.480 e. The van der Waals surface area contributed by atoms with Gasteiger partial charge in [0.15, 0.2) is 0 Å². The number of carbonyl (C=O) groups excluding carboxylic acids is 1. The van der Waals surface area contributed by atoms with E-state index < -0.39 is 17.9 Å². The first-order valence-corrected chi connectivity index (χ1v) is 5.24. The van der Waals surface area contributed by atoms with E-state index in [1.54, 1.807) is 32.1 Å². The Balaban J connectivity index is 2.67. The summed E-state index contributed by atoms with van der Waals surface area (Å²) in [6.45, 7) is 3.51. The number of aryl methyl sites for hydroxylation is 1. The molecular formula is C12H15NO4. The van der Waals surface area contributed by atoms with Crippen molar-refractivity contribution in [2.75, 3.05) is 0 Å². The van der Waals surface area contributed by atoms with E-state index in [0.29, 0.717) is 11.3 Å². The molecule has 0 aliphatic rings. The molecule has 0 saturated carbocycles. The molecule has 1 aromatic heterocycles. The monoisotopic (exact) mass is 237 g/mol. The number of carboxylic acids is 1. The summed E-state index contributed by atoms with van der Waals surface area (Å²) in [4.78, 5) is 22.6. The van der Waals surface area contributed by atoms with Gasteiger partial charge in [0.25, 0.3) is 5.91 Å². The van der Waals surface area contributed by atoms with Crippen molar-refractivity contribution < 1.29 is 19.1 Å². The van der Waals surface area contributed by atoms with Crippen molar-refractivity contribution in [3.8, 4) is 0 Å². The van der Waals surface area contributed by atoms with Crippen LogP contribution in [0, 0.1) is 6.92 Å². The molecule has 0 spiro atoms. The summed E-state index contributed by atoms with van der Waals surface area (Å²) in [6.07, 6.45) is 5.00. The molecule has 5 heteroatoms. The third-order valence-electron chi connectivity index (χ3n) is 2.20. The van der Waals surface area contributed by atoms with E-state index in [2.05, 4.69) is 5.32 Å². The summed E-state index contributed by atoms with van der Waals surface area (Å²) in [5, 5.41) is 11.4. The molecule has 0 radical (unpaired) electrons. The zero-order chi connectivity index (χ0) is 12.8. The van der Waals surface area contributed by atoms with E-state index >= 15 is 0 Å². The van der Waals surface area contributed by atoms with Crippen LogP contribution in [-0.2, 0) is 4.79 Å². The molecule has 5 nitrogen and oxygen atoms in total. The molecule has 0 bridgehead atoms. The molecule has 0 saturated heterocycles. The van der Waals surface area contributed by atoms with Crippen LogP contribution in [0.3, 0.4) is 0 Å². The molecule has 0 fully saturated rings. The van der Waals surface area contributed by atoms with Gasteiger partial charge in [0.2, 0.25) is 0 Å². The van der Waals surface area contributed by atoms with E-state index in [9.17, 15) is 9.59 Å². The number of nitrogens with one attached hydrogen (secondary N) is 1. The Bertz CT molecular complexity index is 433. The Morgan fingerprint density at radius 1 is 1.59 bits per heavy atom. The van der Waals surface area contributed by atoms with Crippen LogP contribution in [0.2, 0.25) is 0 Å². The van der Waals surface area contributed by atoms with Gasteiger partial charge in [-0.1, -0.05) is 12.2 Å². The second kappa shape index (κ2) is 5.89. The number of aliphatic carboxylic acids is 1. The average molecular weight is 237 g/mol. The lowest BCUT2D eigenvalue weighted by atomic mass is 10.2. The number of hydrogen-bond donors (Lipinski definition) is 2. The number of furan rings is 1. The number of hydrogen-bond acceptors (Lipinski definition) is 3. The van der Waals surface area contributed by atoms with Crippen LogP contribution >= 0.6 is 0 Å². The van der Waals surface area contributed by atoms with Gasteiger partial charge in [-0.05, 0) is 26.3 Å². The van der Waals surface area contributed by atoms with E-state index in [-0.39, 0.29) is 6.42 Å². The maximum absolute atomic E-state index is 11.7. The number of carbonyl (C=O) groups is 2. The summed E-state index contributed by atoms with van der Waals surface area (Å²) in [5.74, 6) is -0.897. The van der Waals surface area contributed by atoms with Crippen molar-refractivity contribution >= 4 is 11.9 Å². The fourth-order valence-electron chi connectivity index (χ4n) is 1.30. The molecule has 0 aliphatic heterocycles. The summed E-state index contributed by atoms with van der Waals surface area (Å²) in [6, 6.07) is 0.637. The van der Waals surface area contributed by atoms with Crippen LogP contribution in [0.25, 0.3) is 0 Å². The molecule has 1 aromatic rings. The predicted octanol–water partition coefficient (Wildman–Crippen LogP) is 1.74. The molecule has 0 aliphatic carbocycles. The Morgan fingerprint density at radius 2 is 2.29 bits per heavy atom. The lowest BCUT2D eigenvalue weighted by Crippen LogP contribution is -2.40. The van der Waals surface area contributed by atoms with Gasteiger partial charge in [0.05, 0.1) is 5.56 Å². The number of amides is 1. The Labute approximate surface area is 99.1 Å². The fraction of sp³-hybridized carbons (Fsp3) is 0.333. The second-order valence-corrected chi connectivity index (χ2v) is 3.62. The summed E-state index contributed by atoms with van der Waals surface area (Å²) < 4.78 is 4.99. The van der Waals surface area contributed by atoms with E-state index in [0.717, 1.165) is 0 Å². The van der Waals surface area contributed by atoms with Gasteiger partial charge in [-0.2, -0.15) is 0 Å². The molecule has 2 N–H and O–H groups in total. The van der Waals surface area contributed by atoms with Crippen LogP contribution < -0.4 is 5.32 Å². The second-order valence-electron chi connectivity index (χ2n) is 3.62. The SMILES string of the molecule is C/C=C/CC(NC(=O)c1coc(C)c1)C(=O)O. The van der Waals surface area contributed by atoms with Gasteiger partial charge >= 0.3 is 5.97 Å². The normalized spacial score (nSPS) is 12.6. The number of allylic oxidation sites excluding steroid dienone is 1. The average Bonchev–Trinajstić information content (AvgIpc) is 2.70. The maximum Gasteiger partial charge on any atom is 0.326 e. The zero-order valence-corrected chi connectivity index (χ0v) is 9.77. The van der Waals surface area contributed by atoms with Crippen molar-refractivity contribution in [1.82, 2.24) is 5.32 Å². The highest BCUT2D eigenvalue weighted by atomic mass is 16.4. The Morgan fingerprint density at radius 3 is 2.76 bits per heavy atom. The molecule has 17 heavy (non-hydrogen) atoms. The van der Waals surface area contributed by atoms with Crippen molar-refractivity contribution in [2.45, 2.75) is 26.3 Å². The lowest BCUT2D eigenvalue weighted by molar-refractivity contribution is -0.139. The molecule has 1 heterocycles. The molecule has 1 atom stereocenters. The van der Waals surface area contributed by atoms with Crippen LogP contribution in [0.15, 0.2) is 28.9 Å². The summed E-state index contributed by atoms with van der Waals surface area (Å²) in [5.41, 5.74) is 0.328. The van der Waals surface area contributed by atoms with Gasteiger partial charge in [-0.3, -0.25) is 4.79 Å². The van der Waals surface area contributed by atoms with Gasteiger partial charge < -0.3 is 14.8 Å². The third-order valence-corrected chi connectivity index (χ3v) is 2.20. The predicted molar refractivity (Wildman–Crippen MR) is 61.8 cm³/mol. The standard InChI is InChI=1S/C12H15NO4/c1-3-4-5-10(12(15)16)13-11(14)9-6-8(2)17-7-9/h3-4,6-7,10H,5H2,1-2H3,(H,13,14)(H,15,16)/b4-3+. The van der Waals surface area contributed by atoms with Crippen molar-refractivity contribution in [2.24, 2.45) is 0 Å². The van der Waals surface area contributed by atoms with Crippen molar-refractivity contribution in [1.29, 1.82) is 0 Å². The van der Waals surface area contributed by atoms with Crippen LogP contribution in [0.1, 0.15) is 29.5 Å². The molecular weight excluding hydrogens is 222 g/mol. The first kappa shape index (κ1) is 13.0. The lowest BCUT2D eigenvalue weighted by Gasteiger charge is -2.11. The molecule has 0 aromatic carbocycles. The highest BCUT2D eigenvalue weighted by molar-refractivity contribution is 5.96. The minimum atomic E-state index is -1.06. The number of rotatable bonds is 5. The van der Waals surface area contributed by atoms with Gasteiger partial charge in [-0.15, -0.1) is 0 Å². The Hall–Kier alpha value is -2.04. The van der Waals surface area contributed by atoms with Crippen LogP contribution in [-0.4, -0.2) is 23.0 Å². The molecule has 1 rings (SSSR count). The van der Waals surface area contributed by atoms with E-state index in [4.69, 9.17) is 9.52 Å². The van der Waals surface area contributed by atoms with Gasteiger partial charge in [0, 0.05) is 0 Å². The number of carboxylic acid groups (broad SMARTS) is 1. The first-order chi connectivity index (χ1) is 8.04. The van der Waals surface area contributed by atoms with Gasteiger partial charge in [-0.25, -0.2) is 4.79 Å². The first-order valence-electron chi connectivity index (χ1n) is 5.24. The van der Waals surface area contributed by atoms with E-state index in [1.165, 1.54) is 6.26 Å². The summed E-state index contributed by atoms with van der Waals surface area (Å²) >= 11 is 0. The highest BCUT2D eigenvalue weighted by Gasteiger charge is 2.19. The van der Waals surface area contributed by atoms with Crippen LogP contribution in [0.4, 0.5) is 0 Å². The third kappa shape index (κ3) is 3.79. The van der Waals surface area contributed by atoms with Crippen molar-refractivity contribution in [3.05, 3.63) is 35.8 Å². The van der Waals surface area contributed by atoms with Crippen molar-refractivity contribution in [3.63, 3.8) is 0 Å². The smallest absolute Gasteiger partial charge is 0.326 e. The van der Waals surface area contributed by atoms with E-state index in [1.807, 2.05) is 0 Å². The molecule has 92 valence electrons. The fourth-order valence-corrected chi connectivity index (χ4v) is 1.30. The highest BCUT2D eigenvalue weighted by Crippen LogP contribution is 2.07. The minimum absolute atomic E-state index is 0.258. The summed E-state index contributed by atoms with van der Waals surface area (Å²) in [7, 11) is 0. The zero-order valence-electron chi connectivity index (χ0n) is 9.77. The quantitative estimate of drug-likeness (QED) is 0.764. The Kier molecular flexibility index (Phi) is 4.51. The molecule has 1 unspecified atom stereocenters. The molecule has 1 amide bonds. The maximum atomic E-state index is 11.7.